The van der Waals surface area contributed by atoms with Crippen molar-refractivity contribution in [3.05, 3.63) is 41.5 Å². The molecule has 2 N–H and O–H groups in total. The number of nitrogens with zero attached hydrogens (tertiary/aromatic N) is 3. The van der Waals surface area contributed by atoms with Crippen LogP contribution in [0.3, 0.4) is 0 Å². The number of aromatic nitrogens is 1. The molecule has 0 bridgehead atoms. The summed E-state index contributed by atoms with van der Waals surface area (Å²) in [7, 11) is 2.04. The number of anilines is 1. The Kier molecular flexibility index (Phi) is 5.80. The molecule has 0 unspecified atom stereocenters. The summed E-state index contributed by atoms with van der Waals surface area (Å²) in [5.41, 5.74) is 1.24. The molecule has 6 heteroatoms. The number of hydrogen-bond donors (Lipinski definition) is 2. The summed E-state index contributed by atoms with van der Waals surface area (Å²) in [4.78, 5) is 7.21. The van der Waals surface area contributed by atoms with Crippen molar-refractivity contribution >= 4 is 22.3 Å². The maximum absolute atomic E-state index is 4.73. The van der Waals surface area contributed by atoms with Gasteiger partial charge in [0.05, 0.1) is 11.5 Å². The lowest BCUT2D eigenvalue weighted by Gasteiger charge is -2.33. The minimum absolute atomic E-state index is 0.495. The number of nitrogens with one attached hydrogen (secondary N) is 2. The van der Waals surface area contributed by atoms with Crippen molar-refractivity contribution in [1.82, 2.24) is 15.2 Å². The van der Waals surface area contributed by atoms with Crippen LogP contribution in [-0.4, -0.2) is 36.2 Å². The highest BCUT2D eigenvalue weighted by molar-refractivity contribution is 7.14. The van der Waals surface area contributed by atoms with Crippen molar-refractivity contribution in [3.63, 3.8) is 0 Å². The van der Waals surface area contributed by atoms with E-state index in [-0.39, 0.29) is 0 Å². The zero-order chi connectivity index (χ0) is 16.8. The molecule has 5 nitrogen and oxygen atoms in total. The van der Waals surface area contributed by atoms with Gasteiger partial charge in [-0.05, 0) is 48.9 Å². The van der Waals surface area contributed by atoms with Gasteiger partial charge >= 0.3 is 0 Å². The highest BCUT2D eigenvalue weighted by Crippen LogP contribution is 2.24. The Morgan fingerprint density at radius 2 is 2.17 bits per heavy atom. The number of thiophene rings is 1. The average molecular weight is 346 g/mol. The lowest BCUT2D eigenvalue weighted by molar-refractivity contribution is 0.463. The third kappa shape index (κ3) is 4.54. The zero-order valence-electron chi connectivity index (χ0n) is 14.5. The average Bonchev–Trinajstić information content (AvgIpc) is 3.25. The van der Waals surface area contributed by atoms with Gasteiger partial charge in [0, 0.05) is 45.1 Å². The SMILES string of the molecule is CCNC(=NCc1ccn(C)c1)NC1CCN(c2cccs2)CC1. The second kappa shape index (κ2) is 8.24. The van der Waals surface area contributed by atoms with Crippen LogP contribution >= 0.6 is 11.3 Å². The van der Waals surface area contributed by atoms with E-state index in [1.807, 2.05) is 18.4 Å². The molecule has 0 spiro atoms. The monoisotopic (exact) mass is 345 g/mol. The summed E-state index contributed by atoms with van der Waals surface area (Å²) >= 11 is 1.83. The smallest absolute Gasteiger partial charge is 0.191 e. The molecule has 1 fully saturated rings. The highest BCUT2D eigenvalue weighted by atomic mass is 32.1. The Morgan fingerprint density at radius 3 is 2.79 bits per heavy atom. The molecule has 0 radical (unpaired) electrons. The maximum Gasteiger partial charge on any atom is 0.191 e. The summed E-state index contributed by atoms with van der Waals surface area (Å²) in [5.74, 6) is 0.927. The number of aryl methyl sites for hydroxylation is 1. The zero-order valence-corrected chi connectivity index (χ0v) is 15.4. The van der Waals surface area contributed by atoms with E-state index in [9.17, 15) is 0 Å². The third-order valence-corrected chi connectivity index (χ3v) is 5.24. The number of guanidine groups is 1. The van der Waals surface area contributed by atoms with Crippen molar-refractivity contribution in [1.29, 1.82) is 0 Å². The second-order valence-corrected chi connectivity index (χ2v) is 7.16. The predicted octanol–water partition coefficient (Wildman–Crippen LogP) is 2.81. The standard InChI is InChI=1S/C18H27N5S/c1-3-19-18(20-13-15-6-9-22(2)14-15)21-16-7-10-23(11-8-16)17-5-4-12-24-17/h4-6,9,12,14,16H,3,7-8,10-11,13H2,1-2H3,(H2,19,20,21). The lowest BCUT2D eigenvalue weighted by Crippen LogP contribution is -2.48. The predicted molar refractivity (Wildman–Crippen MR) is 103 cm³/mol. The molecule has 2 aromatic rings. The van der Waals surface area contributed by atoms with E-state index in [1.165, 1.54) is 10.6 Å². The molecule has 0 aliphatic carbocycles. The molecule has 0 saturated carbocycles. The fourth-order valence-electron chi connectivity index (χ4n) is 3.03. The van der Waals surface area contributed by atoms with E-state index in [1.54, 1.807) is 0 Å². The van der Waals surface area contributed by atoms with Crippen LogP contribution in [0.2, 0.25) is 0 Å². The first kappa shape index (κ1) is 16.9. The molecule has 3 rings (SSSR count). The summed E-state index contributed by atoms with van der Waals surface area (Å²) in [6.45, 7) is 5.92. The van der Waals surface area contributed by atoms with E-state index in [4.69, 9.17) is 4.99 Å². The van der Waals surface area contributed by atoms with Crippen LogP contribution in [-0.2, 0) is 13.6 Å². The summed E-state index contributed by atoms with van der Waals surface area (Å²) in [5, 5.41) is 10.5. The van der Waals surface area contributed by atoms with E-state index in [0.29, 0.717) is 12.6 Å². The maximum atomic E-state index is 4.73. The van der Waals surface area contributed by atoms with Crippen LogP contribution in [0.5, 0.6) is 0 Å². The van der Waals surface area contributed by atoms with Crippen molar-refractivity contribution < 1.29 is 0 Å². The van der Waals surface area contributed by atoms with Gasteiger partial charge in [0.1, 0.15) is 0 Å². The van der Waals surface area contributed by atoms with Crippen molar-refractivity contribution in [3.8, 4) is 0 Å². The first-order valence-electron chi connectivity index (χ1n) is 8.68. The molecule has 1 aliphatic rings. The Hall–Kier alpha value is -1.95. The van der Waals surface area contributed by atoms with E-state index < -0.39 is 0 Å². The van der Waals surface area contributed by atoms with Crippen LogP contribution in [0, 0.1) is 0 Å². The third-order valence-electron chi connectivity index (χ3n) is 4.31. The fourth-order valence-corrected chi connectivity index (χ4v) is 3.82. The van der Waals surface area contributed by atoms with Gasteiger partial charge in [-0.25, -0.2) is 4.99 Å². The summed E-state index contributed by atoms with van der Waals surface area (Å²) in [6, 6.07) is 6.95. The molecule has 130 valence electrons. The Balaban J connectivity index is 1.52. The molecule has 1 aliphatic heterocycles. The van der Waals surface area contributed by atoms with E-state index in [2.05, 4.69) is 63.0 Å². The highest BCUT2D eigenvalue weighted by Gasteiger charge is 2.20. The summed E-state index contributed by atoms with van der Waals surface area (Å²) < 4.78 is 2.06. The molecule has 0 aromatic carbocycles. The molecule has 0 atom stereocenters. The van der Waals surface area contributed by atoms with Crippen molar-refractivity contribution in [2.75, 3.05) is 24.5 Å². The number of hydrogen-bond acceptors (Lipinski definition) is 3. The minimum Gasteiger partial charge on any atom is -0.363 e. The van der Waals surface area contributed by atoms with Crippen molar-refractivity contribution in [2.45, 2.75) is 32.4 Å². The molecular formula is C18H27N5S. The second-order valence-electron chi connectivity index (χ2n) is 6.24. The first-order chi connectivity index (χ1) is 11.7. The van der Waals surface area contributed by atoms with E-state index >= 15 is 0 Å². The molecule has 24 heavy (non-hydrogen) atoms. The first-order valence-corrected chi connectivity index (χ1v) is 9.56. The van der Waals surface area contributed by atoms with Crippen LogP contribution in [0.1, 0.15) is 25.3 Å². The van der Waals surface area contributed by atoms with Gasteiger partial charge < -0.3 is 20.1 Å². The normalized spacial score (nSPS) is 16.4. The molecule has 0 amide bonds. The Morgan fingerprint density at radius 1 is 1.33 bits per heavy atom. The van der Waals surface area contributed by atoms with Gasteiger partial charge in [-0.1, -0.05) is 0 Å². The molecule has 2 aromatic heterocycles. The van der Waals surface area contributed by atoms with Crippen molar-refractivity contribution in [2.24, 2.45) is 12.0 Å². The van der Waals surface area contributed by atoms with Gasteiger partial charge in [0.25, 0.3) is 0 Å². The largest absolute Gasteiger partial charge is 0.363 e. The van der Waals surface area contributed by atoms with Crippen LogP contribution < -0.4 is 15.5 Å². The molecule has 1 saturated heterocycles. The van der Waals surface area contributed by atoms with Crippen LogP contribution in [0.4, 0.5) is 5.00 Å². The van der Waals surface area contributed by atoms with Gasteiger partial charge in [-0.15, -0.1) is 11.3 Å². The Labute approximate surface area is 148 Å². The van der Waals surface area contributed by atoms with Crippen LogP contribution in [0.25, 0.3) is 0 Å². The summed E-state index contributed by atoms with van der Waals surface area (Å²) in [6.07, 6.45) is 6.47. The number of aliphatic imine (C=N–C) groups is 1. The quantitative estimate of drug-likeness (QED) is 0.647. The Bertz CT molecular complexity index is 638. The molecular weight excluding hydrogens is 318 g/mol. The van der Waals surface area contributed by atoms with Gasteiger partial charge in [0.15, 0.2) is 5.96 Å². The molecule has 3 heterocycles. The number of rotatable bonds is 5. The number of piperidine rings is 1. The van der Waals surface area contributed by atoms with Gasteiger partial charge in [-0.2, -0.15) is 0 Å². The fraction of sp³-hybridized carbons (Fsp3) is 0.500. The van der Waals surface area contributed by atoms with Gasteiger partial charge in [0.2, 0.25) is 0 Å². The lowest BCUT2D eigenvalue weighted by atomic mass is 10.1. The topological polar surface area (TPSA) is 44.6 Å². The van der Waals surface area contributed by atoms with E-state index in [0.717, 1.165) is 38.4 Å². The minimum atomic E-state index is 0.495. The van der Waals surface area contributed by atoms with Crippen LogP contribution in [0.15, 0.2) is 41.0 Å². The van der Waals surface area contributed by atoms with Gasteiger partial charge in [-0.3, -0.25) is 0 Å².